The molecular weight excluding hydrogens is 412 g/mol. The molecule has 1 N–H and O–H groups in total. The first-order valence-electron chi connectivity index (χ1n) is 9.43. The number of aromatic nitrogens is 3. The third-order valence-electron chi connectivity index (χ3n) is 4.98. The predicted molar refractivity (Wildman–Crippen MR) is 111 cm³/mol. The van der Waals surface area contributed by atoms with Crippen molar-refractivity contribution < 1.29 is 13.2 Å². The van der Waals surface area contributed by atoms with Crippen LogP contribution in [0, 0.1) is 6.92 Å². The number of halogens is 1. The highest BCUT2D eigenvalue weighted by atomic mass is 35.5. The van der Waals surface area contributed by atoms with Crippen LogP contribution in [-0.4, -0.2) is 35.5 Å². The Bertz CT molecular complexity index is 1110. The Hall–Kier alpha value is -2.29. The molecule has 0 bridgehead atoms. The van der Waals surface area contributed by atoms with Gasteiger partial charge in [0, 0.05) is 17.1 Å². The van der Waals surface area contributed by atoms with E-state index < -0.39 is 10.0 Å². The first kappa shape index (κ1) is 20.0. The summed E-state index contributed by atoms with van der Waals surface area (Å²) in [7, 11) is -3.68. The molecule has 0 atom stereocenters. The number of fused-ring (bicyclic) bond motifs is 1. The van der Waals surface area contributed by atoms with E-state index in [4.69, 9.17) is 16.3 Å². The maximum absolute atomic E-state index is 13.0. The second kappa shape index (κ2) is 8.22. The number of pyridine rings is 1. The van der Waals surface area contributed by atoms with Crippen molar-refractivity contribution in [3.8, 4) is 6.01 Å². The summed E-state index contributed by atoms with van der Waals surface area (Å²) in [4.78, 5) is 12.7. The zero-order chi connectivity index (χ0) is 20.4. The minimum absolute atomic E-state index is 0.0428. The van der Waals surface area contributed by atoms with Crippen molar-refractivity contribution in [1.29, 1.82) is 0 Å². The molecule has 0 radical (unpaired) electrons. The average Bonchev–Trinajstić information content (AvgIpc) is 2.70. The first-order valence-corrected chi connectivity index (χ1v) is 11.3. The Morgan fingerprint density at radius 3 is 2.52 bits per heavy atom. The summed E-state index contributed by atoms with van der Waals surface area (Å²) < 4.78 is 34.6. The Kier molecular flexibility index (Phi) is 5.67. The Labute approximate surface area is 174 Å². The van der Waals surface area contributed by atoms with Gasteiger partial charge in [0.2, 0.25) is 10.0 Å². The molecule has 0 spiro atoms. The Morgan fingerprint density at radius 2 is 1.79 bits per heavy atom. The molecule has 152 valence electrons. The number of ether oxygens (including phenoxy) is 1. The normalized spacial score (nSPS) is 19.9. The molecule has 1 aliphatic carbocycles. The number of hydrogen-bond acceptors (Lipinski definition) is 6. The van der Waals surface area contributed by atoms with Gasteiger partial charge in [0.25, 0.3) is 0 Å². The van der Waals surface area contributed by atoms with Gasteiger partial charge < -0.3 is 4.74 Å². The van der Waals surface area contributed by atoms with E-state index in [1.165, 1.54) is 12.4 Å². The minimum Gasteiger partial charge on any atom is -0.460 e. The molecule has 4 rings (SSSR count). The predicted octanol–water partition coefficient (Wildman–Crippen LogP) is 3.66. The van der Waals surface area contributed by atoms with Crippen molar-refractivity contribution in [2.24, 2.45) is 0 Å². The van der Waals surface area contributed by atoms with Gasteiger partial charge in [-0.25, -0.2) is 23.1 Å². The molecule has 0 aliphatic heterocycles. The smallest absolute Gasteiger partial charge is 0.316 e. The molecule has 29 heavy (non-hydrogen) atoms. The molecule has 2 aromatic heterocycles. The Morgan fingerprint density at radius 1 is 1.07 bits per heavy atom. The summed E-state index contributed by atoms with van der Waals surface area (Å²) in [6.45, 7) is 1.85. The topological polar surface area (TPSA) is 94.1 Å². The zero-order valence-electron chi connectivity index (χ0n) is 15.9. The van der Waals surface area contributed by atoms with Gasteiger partial charge in [-0.3, -0.25) is 4.98 Å². The van der Waals surface area contributed by atoms with Crippen LogP contribution < -0.4 is 9.46 Å². The van der Waals surface area contributed by atoms with E-state index in [1.807, 2.05) is 25.1 Å². The van der Waals surface area contributed by atoms with Crippen LogP contribution in [0.4, 0.5) is 0 Å². The molecule has 7 nitrogen and oxygen atoms in total. The molecule has 0 amide bonds. The summed E-state index contributed by atoms with van der Waals surface area (Å²) >= 11 is 5.78. The lowest BCUT2D eigenvalue weighted by atomic mass is 9.94. The number of nitrogens with zero attached hydrogens (tertiary/aromatic N) is 3. The van der Waals surface area contributed by atoms with Gasteiger partial charge in [0.05, 0.1) is 22.9 Å². The van der Waals surface area contributed by atoms with E-state index in [2.05, 4.69) is 19.7 Å². The van der Waals surface area contributed by atoms with Gasteiger partial charge >= 0.3 is 6.01 Å². The lowest BCUT2D eigenvalue weighted by Crippen LogP contribution is -2.39. The molecule has 9 heteroatoms. The molecule has 1 aromatic carbocycles. The molecule has 0 unspecified atom stereocenters. The van der Waals surface area contributed by atoms with Gasteiger partial charge in [-0.05, 0) is 44.7 Å². The molecule has 2 heterocycles. The van der Waals surface area contributed by atoms with Crippen molar-refractivity contribution in [1.82, 2.24) is 19.7 Å². The van der Waals surface area contributed by atoms with Crippen LogP contribution in [0.1, 0.15) is 31.4 Å². The summed E-state index contributed by atoms with van der Waals surface area (Å²) in [6, 6.07) is 9.11. The van der Waals surface area contributed by atoms with Crippen LogP contribution in [0.2, 0.25) is 5.02 Å². The standard InChI is InChI=1S/C20H21ClN4O3S/c1-13-5-6-14-3-2-4-18(19(14)24-13)29(26,27)25-16-7-9-17(10-8-16)28-20-22-11-15(21)12-23-20/h2-6,11-12,16-17,25H,7-10H2,1H3. The number of nitrogens with one attached hydrogen (secondary N) is 1. The summed E-state index contributed by atoms with van der Waals surface area (Å²) in [5.74, 6) is 0. The molecular formula is C20H21ClN4O3S. The fourth-order valence-corrected chi connectivity index (χ4v) is 5.10. The van der Waals surface area contributed by atoms with E-state index in [9.17, 15) is 8.42 Å². The van der Waals surface area contributed by atoms with Crippen LogP contribution >= 0.6 is 11.6 Å². The number of aryl methyl sites for hydroxylation is 1. The number of para-hydroxylation sites is 1. The number of benzene rings is 1. The second-order valence-corrected chi connectivity index (χ2v) is 9.30. The van der Waals surface area contributed by atoms with Crippen LogP contribution in [-0.2, 0) is 10.0 Å². The van der Waals surface area contributed by atoms with E-state index in [0.717, 1.165) is 11.1 Å². The van der Waals surface area contributed by atoms with Gasteiger partial charge in [-0.1, -0.05) is 29.8 Å². The maximum atomic E-state index is 13.0. The summed E-state index contributed by atoms with van der Waals surface area (Å²) in [6.07, 6.45) is 5.72. The highest BCUT2D eigenvalue weighted by Gasteiger charge is 2.28. The third kappa shape index (κ3) is 4.66. The molecule has 0 saturated heterocycles. The van der Waals surface area contributed by atoms with Crippen LogP contribution in [0.25, 0.3) is 10.9 Å². The van der Waals surface area contributed by atoms with Crippen molar-refractivity contribution in [3.05, 3.63) is 53.4 Å². The summed E-state index contributed by atoms with van der Waals surface area (Å²) in [5, 5.41) is 1.26. The Balaban J connectivity index is 1.42. The number of hydrogen-bond donors (Lipinski definition) is 1. The monoisotopic (exact) mass is 432 g/mol. The molecule has 3 aromatic rings. The van der Waals surface area contributed by atoms with E-state index in [-0.39, 0.29) is 23.1 Å². The average molecular weight is 433 g/mol. The maximum Gasteiger partial charge on any atom is 0.316 e. The fraction of sp³-hybridized carbons (Fsp3) is 0.350. The van der Waals surface area contributed by atoms with Crippen LogP contribution in [0.15, 0.2) is 47.6 Å². The van der Waals surface area contributed by atoms with Crippen molar-refractivity contribution >= 4 is 32.5 Å². The van der Waals surface area contributed by atoms with Crippen LogP contribution in [0.3, 0.4) is 0 Å². The van der Waals surface area contributed by atoms with Gasteiger partial charge in [0.1, 0.15) is 11.0 Å². The summed E-state index contributed by atoms with van der Waals surface area (Å²) in [5.41, 5.74) is 1.28. The fourth-order valence-electron chi connectivity index (χ4n) is 3.53. The van der Waals surface area contributed by atoms with Crippen LogP contribution in [0.5, 0.6) is 6.01 Å². The number of sulfonamides is 1. The lowest BCUT2D eigenvalue weighted by Gasteiger charge is -2.28. The van der Waals surface area contributed by atoms with E-state index in [1.54, 1.807) is 12.1 Å². The van der Waals surface area contributed by atoms with Crippen molar-refractivity contribution in [2.75, 3.05) is 0 Å². The SMILES string of the molecule is Cc1ccc2cccc(S(=O)(=O)NC3CCC(Oc4ncc(Cl)cn4)CC3)c2n1. The van der Waals surface area contributed by atoms with Gasteiger partial charge in [0.15, 0.2) is 0 Å². The van der Waals surface area contributed by atoms with Crippen molar-refractivity contribution in [3.63, 3.8) is 0 Å². The van der Waals surface area contributed by atoms with Gasteiger partial charge in [-0.2, -0.15) is 0 Å². The molecule has 1 saturated carbocycles. The third-order valence-corrected chi connectivity index (χ3v) is 6.72. The lowest BCUT2D eigenvalue weighted by molar-refractivity contribution is 0.132. The second-order valence-electron chi connectivity index (χ2n) is 7.18. The molecule has 1 aliphatic rings. The van der Waals surface area contributed by atoms with Gasteiger partial charge in [-0.15, -0.1) is 0 Å². The molecule has 1 fully saturated rings. The first-order chi connectivity index (χ1) is 13.9. The highest BCUT2D eigenvalue weighted by Crippen LogP contribution is 2.26. The highest BCUT2D eigenvalue weighted by molar-refractivity contribution is 7.89. The van der Waals surface area contributed by atoms with E-state index in [0.29, 0.717) is 36.2 Å². The quantitative estimate of drug-likeness (QED) is 0.661. The zero-order valence-corrected chi connectivity index (χ0v) is 17.4. The number of rotatable bonds is 5. The largest absolute Gasteiger partial charge is 0.460 e. The van der Waals surface area contributed by atoms with Crippen molar-refractivity contribution in [2.45, 2.75) is 49.6 Å². The minimum atomic E-state index is -3.68. The van der Waals surface area contributed by atoms with E-state index >= 15 is 0 Å².